The molecule has 0 aliphatic carbocycles. The molecule has 0 saturated heterocycles. The fraction of sp³-hybridized carbons (Fsp3) is 0. The van der Waals surface area contributed by atoms with Gasteiger partial charge in [-0.1, -0.05) is 0 Å². The van der Waals surface area contributed by atoms with Crippen molar-refractivity contribution in [1.29, 1.82) is 0 Å². The number of hydrogen-bond donors (Lipinski definition) is 2. The van der Waals surface area contributed by atoms with Crippen LogP contribution >= 0.6 is 15.9 Å². The van der Waals surface area contributed by atoms with Crippen LogP contribution < -0.4 is 0 Å². The number of nitrogens with one attached hydrogen (secondary N) is 1. The monoisotopic (exact) mass is 230 g/mol. The van der Waals surface area contributed by atoms with Crippen LogP contribution in [-0.2, 0) is 0 Å². The van der Waals surface area contributed by atoms with E-state index in [1.807, 2.05) is 0 Å². The van der Waals surface area contributed by atoms with Gasteiger partial charge in [-0.15, -0.1) is 0 Å². The highest BCUT2D eigenvalue weighted by Crippen LogP contribution is 2.30. The predicted molar refractivity (Wildman–Crippen MR) is 45.4 cm³/mol. The quantitative estimate of drug-likeness (QED) is 0.729. The zero-order chi connectivity index (χ0) is 8.72. The van der Waals surface area contributed by atoms with Crippen LogP contribution in [0.15, 0.2) is 16.7 Å². The lowest BCUT2D eigenvalue weighted by molar-refractivity contribution is 0.475. The molecule has 0 amide bonds. The van der Waals surface area contributed by atoms with E-state index in [4.69, 9.17) is 0 Å². The third kappa shape index (κ3) is 0.972. The molecule has 2 N–H and O–H groups in total. The maximum absolute atomic E-state index is 12.7. The Kier molecular flexibility index (Phi) is 1.54. The first-order valence-corrected chi connectivity index (χ1v) is 4.00. The summed E-state index contributed by atoms with van der Waals surface area (Å²) in [6.45, 7) is 0. The molecule has 2 rings (SSSR count). The first-order valence-electron chi connectivity index (χ1n) is 3.20. The Balaban J connectivity index is 2.93. The van der Waals surface area contributed by atoms with E-state index in [1.165, 1.54) is 6.07 Å². The normalized spacial score (nSPS) is 10.8. The molecule has 0 fully saturated rings. The van der Waals surface area contributed by atoms with E-state index in [-0.39, 0.29) is 5.75 Å². The molecular formula is C7H4BrFN2O. The highest BCUT2D eigenvalue weighted by Gasteiger charge is 2.08. The van der Waals surface area contributed by atoms with Gasteiger partial charge in [0.05, 0.1) is 10.9 Å². The maximum Gasteiger partial charge on any atom is 0.130 e. The molecule has 0 radical (unpaired) electrons. The maximum atomic E-state index is 12.7. The standard InChI is InChI=1S/C7H4BrFN2O/c8-7-6-4(10-11-7)1-3(9)2-5(6)12/h1-2,12H,(H,10,11). The molecule has 0 aliphatic rings. The van der Waals surface area contributed by atoms with E-state index in [0.29, 0.717) is 15.5 Å². The molecule has 3 nitrogen and oxygen atoms in total. The van der Waals surface area contributed by atoms with Crippen LogP contribution in [0.4, 0.5) is 4.39 Å². The number of aromatic amines is 1. The minimum atomic E-state index is -0.501. The number of rotatable bonds is 0. The number of hydrogen-bond acceptors (Lipinski definition) is 2. The Hall–Kier alpha value is -1.10. The average Bonchev–Trinajstić information content (AvgIpc) is 2.31. The summed E-state index contributed by atoms with van der Waals surface area (Å²) in [5.41, 5.74) is 0.402. The molecule has 62 valence electrons. The van der Waals surface area contributed by atoms with Gasteiger partial charge in [0.15, 0.2) is 0 Å². The summed E-state index contributed by atoms with van der Waals surface area (Å²) >= 11 is 3.14. The summed E-state index contributed by atoms with van der Waals surface area (Å²) < 4.78 is 13.2. The summed E-state index contributed by atoms with van der Waals surface area (Å²) in [4.78, 5) is 0. The van der Waals surface area contributed by atoms with Crippen molar-refractivity contribution in [1.82, 2.24) is 10.2 Å². The minimum absolute atomic E-state index is 0.120. The van der Waals surface area contributed by atoms with E-state index >= 15 is 0 Å². The SMILES string of the molecule is Oc1cc(F)cc2n[nH]c(Br)c12. The number of benzene rings is 1. The molecule has 0 aliphatic heterocycles. The first-order chi connectivity index (χ1) is 5.68. The van der Waals surface area contributed by atoms with Gasteiger partial charge in [0.25, 0.3) is 0 Å². The summed E-state index contributed by atoms with van der Waals surface area (Å²) in [7, 11) is 0. The Labute approximate surface area is 75.3 Å². The molecule has 5 heteroatoms. The van der Waals surface area contributed by atoms with Crippen LogP contribution in [0.2, 0.25) is 0 Å². The molecule has 1 aromatic heterocycles. The number of nitrogens with zero attached hydrogens (tertiary/aromatic N) is 1. The lowest BCUT2D eigenvalue weighted by Crippen LogP contribution is -1.75. The summed E-state index contributed by atoms with van der Waals surface area (Å²) in [6.07, 6.45) is 0. The molecule has 0 saturated carbocycles. The molecule has 2 aromatic rings. The third-order valence-corrected chi connectivity index (χ3v) is 2.13. The molecule has 1 heterocycles. The zero-order valence-corrected chi connectivity index (χ0v) is 7.39. The molecule has 1 aromatic carbocycles. The molecule has 0 unspecified atom stereocenters. The van der Waals surface area contributed by atoms with Crippen molar-refractivity contribution in [2.24, 2.45) is 0 Å². The van der Waals surface area contributed by atoms with E-state index in [0.717, 1.165) is 6.07 Å². The summed E-state index contributed by atoms with van der Waals surface area (Å²) in [6, 6.07) is 2.29. The highest BCUT2D eigenvalue weighted by molar-refractivity contribution is 9.10. The third-order valence-electron chi connectivity index (χ3n) is 1.56. The van der Waals surface area contributed by atoms with E-state index in [9.17, 15) is 9.50 Å². The second kappa shape index (κ2) is 2.45. The number of H-pyrrole nitrogens is 1. The van der Waals surface area contributed by atoms with Gasteiger partial charge >= 0.3 is 0 Å². The van der Waals surface area contributed by atoms with Crippen LogP contribution in [0, 0.1) is 5.82 Å². The van der Waals surface area contributed by atoms with Crippen molar-refractivity contribution in [2.75, 3.05) is 0 Å². The lowest BCUT2D eigenvalue weighted by Gasteiger charge is -1.93. The summed E-state index contributed by atoms with van der Waals surface area (Å²) in [5, 5.41) is 16.1. The number of halogens is 2. The van der Waals surface area contributed by atoms with Gasteiger partial charge in [0, 0.05) is 12.1 Å². The van der Waals surface area contributed by atoms with E-state index in [2.05, 4.69) is 26.1 Å². The van der Waals surface area contributed by atoms with Crippen molar-refractivity contribution < 1.29 is 9.50 Å². The Bertz CT molecular complexity index is 440. The van der Waals surface area contributed by atoms with Crippen molar-refractivity contribution in [3.05, 3.63) is 22.6 Å². The molecule has 12 heavy (non-hydrogen) atoms. The van der Waals surface area contributed by atoms with Crippen LogP contribution in [0.1, 0.15) is 0 Å². The zero-order valence-electron chi connectivity index (χ0n) is 5.81. The fourth-order valence-corrected chi connectivity index (χ4v) is 1.55. The number of phenolic OH excluding ortho intramolecular Hbond substituents is 1. The Morgan fingerprint density at radius 2 is 2.25 bits per heavy atom. The number of fused-ring (bicyclic) bond motifs is 1. The van der Waals surface area contributed by atoms with Crippen LogP contribution in [0.25, 0.3) is 10.9 Å². The van der Waals surface area contributed by atoms with Crippen LogP contribution in [0.3, 0.4) is 0 Å². The smallest absolute Gasteiger partial charge is 0.130 e. The molecule has 0 bridgehead atoms. The molecule has 0 atom stereocenters. The summed E-state index contributed by atoms with van der Waals surface area (Å²) in [5.74, 6) is -0.621. The largest absolute Gasteiger partial charge is 0.507 e. The van der Waals surface area contributed by atoms with E-state index in [1.54, 1.807) is 0 Å². The minimum Gasteiger partial charge on any atom is -0.507 e. The Morgan fingerprint density at radius 3 is 3.00 bits per heavy atom. The second-order valence-corrected chi connectivity index (χ2v) is 3.15. The average molecular weight is 231 g/mol. The van der Waals surface area contributed by atoms with E-state index < -0.39 is 5.82 Å². The first kappa shape index (κ1) is 7.54. The highest BCUT2D eigenvalue weighted by atomic mass is 79.9. The van der Waals surface area contributed by atoms with Gasteiger partial charge in [0.1, 0.15) is 16.2 Å². The van der Waals surface area contributed by atoms with Gasteiger partial charge in [-0.05, 0) is 15.9 Å². The second-order valence-electron chi connectivity index (χ2n) is 2.36. The van der Waals surface area contributed by atoms with Crippen molar-refractivity contribution >= 4 is 26.8 Å². The Morgan fingerprint density at radius 1 is 1.50 bits per heavy atom. The van der Waals surface area contributed by atoms with Gasteiger partial charge in [-0.3, -0.25) is 5.10 Å². The van der Waals surface area contributed by atoms with Crippen molar-refractivity contribution in [3.8, 4) is 5.75 Å². The van der Waals surface area contributed by atoms with Gasteiger partial charge in [0.2, 0.25) is 0 Å². The van der Waals surface area contributed by atoms with Crippen LogP contribution in [0.5, 0.6) is 5.75 Å². The number of aromatic hydroxyl groups is 1. The van der Waals surface area contributed by atoms with Gasteiger partial charge < -0.3 is 5.11 Å². The fourth-order valence-electron chi connectivity index (χ4n) is 1.06. The molecular weight excluding hydrogens is 227 g/mol. The lowest BCUT2D eigenvalue weighted by atomic mass is 10.2. The van der Waals surface area contributed by atoms with Gasteiger partial charge in [-0.25, -0.2) is 4.39 Å². The van der Waals surface area contributed by atoms with Gasteiger partial charge in [-0.2, -0.15) is 5.10 Å². The van der Waals surface area contributed by atoms with Crippen LogP contribution in [-0.4, -0.2) is 15.3 Å². The topological polar surface area (TPSA) is 48.9 Å². The number of aromatic nitrogens is 2. The van der Waals surface area contributed by atoms with Crippen molar-refractivity contribution in [2.45, 2.75) is 0 Å². The predicted octanol–water partition coefficient (Wildman–Crippen LogP) is 2.17. The van der Waals surface area contributed by atoms with Crippen molar-refractivity contribution in [3.63, 3.8) is 0 Å². The molecule has 0 spiro atoms. The number of phenols is 1.